The molecule has 1 aliphatic rings. The molecule has 0 amide bonds. The van der Waals surface area contributed by atoms with E-state index in [1.165, 1.54) is 6.33 Å². The minimum Gasteiger partial charge on any atom is -0.383 e. The van der Waals surface area contributed by atoms with E-state index in [1.807, 2.05) is 23.7 Å². The number of hydrogen-bond donors (Lipinski definition) is 1. The highest BCUT2D eigenvalue weighted by atomic mass is 127. The second-order valence-corrected chi connectivity index (χ2v) is 9.99. The Kier molecular flexibility index (Phi) is 4.59. The van der Waals surface area contributed by atoms with Gasteiger partial charge in [-0.2, -0.15) is 4.36 Å². The molecule has 2 N–H and O–H groups in total. The highest BCUT2D eigenvalue weighted by Crippen LogP contribution is 2.36. The molecule has 0 atom stereocenters. The summed E-state index contributed by atoms with van der Waals surface area (Å²) in [4.78, 5) is 12.9. The summed E-state index contributed by atoms with van der Waals surface area (Å²) in [6, 6.07) is 3.77. The van der Waals surface area contributed by atoms with Crippen LogP contribution in [0.5, 0.6) is 0 Å². The first-order chi connectivity index (χ1) is 12.5. The summed E-state index contributed by atoms with van der Waals surface area (Å²) in [5.74, 6) is 2.32. The molecule has 0 bridgehead atoms. The average Bonchev–Trinajstić information content (AvgIpc) is 2.89. The van der Waals surface area contributed by atoms with Crippen molar-refractivity contribution in [2.45, 2.75) is 19.3 Å². The number of hydrogen-bond acceptors (Lipinski definition) is 6. The number of nitrogens with zero attached hydrogens (tertiary/aromatic N) is 5. The third-order valence-corrected chi connectivity index (χ3v) is 8.28. The van der Waals surface area contributed by atoms with Gasteiger partial charge in [-0.3, -0.25) is 0 Å². The largest absolute Gasteiger partial charge is 0.383 e. The summed E-state index contributed by atoms with van der Waals surface area (Å²) >= 11 is 2.28. The summed E-state index contributed by atoms with van der Waals surface area (Å²) in [7, 11) is -0.200. The Morgan fingerprint density at radius 3 is 2.65 bits per heavy atom. The normalized spacial score (nSPS) is 16.7. The molecule has 0 aliphatic carbocycles. The first-order valence-electron chi connectivity index (χ1n) is 8.42. The lowest BCUT2D eigenvalue weighted by Gasteiger charge is -2.14. The molecule has 136 valence electrons. The van der Waals surface area contributed by atoms with Gasteiger partial charge < -0.3 is 10.3 Å². The van der Waals surface area contributed by atoms with Gasteiger partial charge in [0, 0.05) is 35.9 Å². The fourth-order valence-electron chi connectivity index (χ4n) is 3.29. The number of halogens is 1. The Morgan fingerprint density at radius 1 is 1.19 bits per heavy atom. The molecule has 4 heterocycles. The topological polar surface area (TPSA) is 99.0 Å². The number of nitrogens with two attached hydrogens (primary N) is 1. The minimum atomic E-state index is -2.15. The number of pyridine rings is 1. The van der Waals surface area contributed by atoms with E-state index in [-0.39, 0.29) is 0 Å². The molecule has 0 saturated carbocycles. The Bertz CT molecular complexity index is 1090. The van der Waals surface area contributed by atoms with E-state index in [4.69, 9.17) is 5.73 Å². The molecule has 0 spiro atoms. The van der Waals surface area contributed by atoms with Gasteiger partial charge in [-0.15, -0.1) is 0 Å². The van der Waals surface area contributed by atoms with Crippen molar-refractivity contribution in [1.82, 2.24) is 19.5 Å². The van der Waals surface area contributed by atoms with Crippen molar-refractivity contribution in [3.05, 3.63) is 28.4 Å². The lowest BCUT2D eigenvalue weighted by molar-refractivity contribution is 0.650. The van der Waals surface area contributed by atoms with Gasteiger partial charge in [0.15, 0.2) is 5.82 Å². The number of anilines is 1. The van der Waals surface area contributed by atoms with E-state index >= 15 is 0 Å². The molecule has 0 unspecified atom stereocenters. The predicted octanol–water partition coefficient (Wildman–Crippen LogP) is 3.50. The van der Waals surface area contributed by atoms with Crippen LogP contribution in [0.15, 0.2) is 29.0 Å². The molecule has 7 nitrogen and oxygen atoms in total. The molecule has 0 radical (unpaired) electrons. The van der Waals surface area contributed by atoms with Crippen LogP contribution >= 0.6 is 22.6 Å². The highest BCUT2D eigenvalue weighted by molar-refractivity contribution is 14.1. The summed E-state index contributed by atoms with van der Waals surface area (Å²) < 4.78 is 20.2. The van der Waals surface area contributed by atoms with Gasteiger partial charge in [0.2, 0.25) is 0 Å². The maximum Gasteiger partial charge on any atom is 0.161 e. The Morgan fingerprint density at radius 2 is 1.96 bits per heavy atom. The third kappa shape index (κ3) is 3.07. The van der Waals surface area contributed by atoms with Crippen LogP contribution in [0, 0.1) is 3.70 Å². The highest BCUT2D eigenvalue weighted by Gasteiger charge is 2.19. The molecule has 9 heteroatoms. The number of rotatable bonds is 2. The van der Waals surface area contributed by atoms with Gasteiger partial charge in [-0.25, -0.2) is 19.2 Å². The molecular weight excluding hydrogens is 463 g/mol. The van der Waals surface area contributed by atoms with Crippen LogP contribution in [0.4, 0.5) is 11.6 Å². The quantitative estimate of drug-likeness (QED) is 0.564. The van der Waals surface area contributed by atoms with Crippen molar-refractivity contribution in [2.75, 3.05) is 17.2 Å². The first kappa shape index (κ1) is 17.7. The zero-order valence-corrected chi connectivity index (χ0v) is 17.3. The number of nitrogen functional groups attached to an aromatic ring is 1. The maximum absolute atomic E-state index is 12.8. The van der Waals surface area contributed by atoms with Crippen molar-refractivity contribution in [1.29, 1.82) is 0 Å². The molecule has 1 aliphatic heterocycles. The summed E-state index contributed by atoms with van der Waals surface area (Å²) in [5, 5.41) is 0.823. The molecule has 1 saturated heterocycles. The van der Waals surface area contributed by atoms with Crippen LogP contribution in [0.3, 0.4) is 0 Å². The van der Waals surface area contributed by atoms with E-state index in [0.29, 0.717) is 23.1 Å². The number of aryl methyl sites for hydroxylation is 1. The van der Waals surface area contributed by atoms with Gasteiger partial charge in [-0.05, 0) is 47.6 Å². The second kappa shape index (κ2) is 6.76. The summed E-state index contributed by atoms with van der Waals surface area (Å²) in [5.41, 5.74) is 8.77. The van der Waals surface area contributed by atoms with Crippen molar-refractivity contribution in [3.8, 4) is 11.1 Å². The Labute approximate surface area is 165 Å². The van der Waals surface area contributed by atoms with Crippen LogP contribution in [0.25, 0.3) is 22.2 Å². The van der Waals surface area contributed by atoms with Gasteiger partial charge >= 0.3 is 0 Å². The second-order valence-electron chi connectivity index (χ2n) is 6.42. The Balaban J connectivity index is 1.79. The lowest BCUT2D eigenvalue weighted by Crippen LogP contribution is -2.15. The van der Waals surface area contributed by atoms with Gasteiger partial charge in [-0.1, -0.05) is 6.42 Å². The summed E-state index contributed by atoms with van der Waals surface area (Å²) in [6.45, 7) is 0. The van der Waals surface area contributed by atoms with E-state index < -0.39 is 9.73 Å². The molecule has 3 aromatic rings. The fourth-order valence-corrected chi connectivity index (χ4v) is 6.25. The van der Waals surface area contributed by atoms with Gasteiger partial charge in [0.25, 0.3) is 0 Å². The lowest BCUT2D eigenvalue weighted by atomic mass is 10.1. The van der Waals surface area contributed by atoms with Crippen LogP contribution < -0.4 is 5.73 Å². The number of aromatic nitrogens is 4. The zero-order valence-electron chi connectivity index (χ0n) is 14.4. The smallest absolute Gasteiger partial charge is 0.161 e. The standard InChI is InChI=1S/C17H19IN6OS/c1-24-15(18)13(14-16(19)21-10-22-17(14)24)11-5-6-12(20-9-11)23-26(25)7-3-2-4-8-26/h5-6,9-10H,2-4,7-8H2,1H3,(H2,19,21,22). The summed E-state index contributed by atoms with van der Waals surface area (Å²) in [6.07, 6.45) is 6.33. The maximum atomic E-state index is 12.8. The van der Waals surface area contributed by atoms with E-state index in [1.54, 1.807) is 6.20 Å². The van der Waals surface area contributed by atoms with Crippen molar-refractivity contribution >= 4 is 55.0 Å². The van der Waals surface area contributed by atoms with Crippen molar-refractivity contribution < 1.29 is 4.21 Å². The molecule has 0 aromatic carbocycles. The number of fused-ring (bicyclic) bond motifs is 1. The monoisotopic (exact) mass is 482 g/mol. The zero-order chi connectivity index (χ0) is 18.3. The fraction of sp³-hybridized carbons (Fsp3) is 0.353. The van der Waals surface area contributed by atoms with Gasteiger partial charge in [0.05, 0.1) is 18.8 Å². The van der Waals surface area contributed by atoms with Crippen molar-refractivity contribution in [2.24, 2.45) is 11.4 Å². The molecule has 3 aromatic heterocycles. The molecule has 4 rings (SSSR count). The van der Waals surface area contributed by atoms with Crippen LogP contribution in [-0.4, -0.2) is 35.2 Å². The SMILES string of the molecule is Cn1c(I)c(-c2ccc(N=S3(=O)CCCCC3)nc2)c2c(N)ncnc21. The van der Waals surface area contributed by atoms with E-state index in [2.05, 4.69) is 41.9 Å². The Hall–Kier alpha value is -1.75. The van der Waals surface area contributed by atoms with Crippen LogP contribution in [-0.2, 0) is 16.8 Å². The van der Waals surface area contributed by atoms with E-state index in [0.717, 1.165) is 45.1 Å². The molecule has 1 fully saturated rings. The molecule has 26 heavy (non-hydrogen) atoms. The first-order valence-corrected chi connectivity index (χ1v) is 11.3. The third-order valence-electron chi connectivity index (χ3n) is 4.65. The van der Waals surface area contributed by atoms with Crippen molar-refractivity contribution in [3.63, 3.8) is 0 Å². The van der Waals surface area contributed by atoms with Crippen LogP contribution in [0.2, 0.25) is 0 Å². The predicted molar refractivity (Wildman–Crippen MR) is 113 cm³/mol. The van der Waals surface area contributed by atoms with Gasteiger partial charge in [0.1, 0.15) is 17.8 Å². The average molecular weight is 482 g/mol. The van der Waals surface area contributed by atoms with E-state index in [9.17, 15) is 4.21 Å². The molecular formula is C17H19IN6OS. The van der Waals surface area contributed by atoms with Crippen LogP contribution in [0.1, 0.15) is 19.3 Å². The minimum absolute atomic E-state index is 0.447.